The molecule has 0 aliphatic carbocycles. The Balaban J connectivity index is 1.99. The number of aromatic carboxylic acids is 1. The molecule has 2 aromatic rings. The van der Waals surface area contributed by atoms with Crippen LogP contribution in [0.5, 0.6) is 0 Å². The van der Waals surface area contributed by atoms with Crippen LogP contribution in [0.1, 0.15) is 23.1 Å². The maximum atomic E-state index is 12.0. The van der Waals surface area contributed by atoms with Gasteiger partial charge >= 0.3 is 5.97 Å². The standard InChI is InChI=1S/C14H15N5O4/c1-8-13(14(22)23)17-18-19(8)7-12(21)16-11-5-3-10(4-6-11)15-9(2)20/h3-6H,7H2,1-2H3,(H,15,20)(H,16,21)(H,22,23). The average Bonchev–Trinajstić information content (AvgIpc) is 2.82. The van der Waals surface area contributed by atoms with Crippen molar-refractivity contribution in [3.63, 3.8) is 0 Å². The predicted octanol–water partition coefficient (Wildman–Crippen LogP) is 0.882. The third-order valence-electron chi connectivity index (χ3n) is 2.97. The second-order valence-electron chi connectivity index (χ2n) is 4.79. The number of nitrogens with zero attached hydrogens (tertiary/aromatic N) is 3. The van der Waals surface area contributed by atoms with E-state index in [0.29, 0.717) is 17.1 Å². The zero-order valence-corrected chi connectivity index (χ0v) is 12.5. The van der Waals surface area contributed by atoms with Gasteiger partial charge in [-0.15, -0.1) is 5.10 Å². The predicted molar refractivity (Wildman–Crippen MR) is 81.1 cm³/mol. The molecule has 1 heterocycles. The summed E-state index contributed by atoms with van der Waals surface area (Å²) in [7, 11) is 0. The number of rotatable bonds is 5. The Labute approximate surface area is 131 Å². The van der Waals surface area contributed by atoms with Crippen LogP contribution in [-0.4, -0.2) is 37.9 Å². The van der Waals surface area contributed by atoms with Crippen molar-refractivity contribution in [1.82, 2.24) is 15.0 Å². The second kappa shape index (κ2) is 6.69. The molecule has 0 unspecified atom stereocenters. The first-order valence-electron chi connectivity index (χ1n) is 6.67. The Morgan fingerprint density at radius 1 is 1.13 bits per heavy atom. The maximum Gasteiger partial charge on any atom is 0.358 e. The molecule has 0 bridgehead atoms. The Bertz CT molecular complexity index is 751. The SMILES string of the molecule is CC(=O)Nc1ccc(NC(=O)Cn2nnc(C(=O)O)c2C)cc1. The van der Waals surface area contributed by atoms with E-state index in [1.165, 1.54) is 18.5 Å². The highest BCUT2D eigenvalue weighted by atomic mass is 16.4. The molecule has 2 rings (SSSR count). The van der Waals surface area contributed by atoms with Crippen molar-refractivity contribution in [1.29, 1.82) is 0 Å². The van der Waals surface area contributed by atoms with E-state index >= 15 is 0 Å². The Morgan fingerprint density at radius 3 is 2.17 bits per heavy atom. The van der Waals surface area contributed by atoms with Gasteiger partial charge in [-0.2, -0.15) is 0 Å². The number of benzene rings is 1. The summed E-state index contributed by atoms with van der Waals surface area (Å²) in [6.45, 7) is 2.78. The fourth-order valence-electron chi connectivity index (χ4n) is 1.88. The van der Waals surface area contributed by atoms with Crippen molar-refractivity contribution in [2.45, 2.75) is 20.4 Å². The topological polar surface area (TPSA) is 126 Å². The first-order chi connectivity index (χ1) is 10.9. The molecule has 0 saturated heterocycles. The number of carbonyl (C=O) groups is 3. The molecule has 0 saturated carbocycles. The molecular weight excluding hydrogens is 302 g/mol. The van der Waals surface area contributed by atoms with Gasteiger partial charge in [0.25, 0.3) is 0 Å². The van der Waals surface area contributed by atoms with Crippen molar-refractivity contribution in [3.05, 3.63) is 35.7 Å². The Morgan fingerprint density at radius 2 is 1.70 bits per heavy atom. The van der Waals surface area contributed by atoms with Gasteiger partial charge in [0, 0.05) is 18.3 Å². The number of hydrogen-bond acceptors (Lipinski definition) is 5. The van der Waals surface area contributed by atoms with Crippen LogP contribution in [0.4, 0.5) is 11.4 Å². The molecule has 1 aromatic heterocycles. The van der Waals surface area contributed by atoms with Gasteiger partial charge in [0.2, 0.25) is 11.8 Å². The summed E-state index contributed by atoms with van der Waals surface area (Å²) in [4.78, 5) is 33.8. The van der Waals surface area contributed by atoms with E-state index in [1.807, 2.05) is 0 Å². The van der Waals surface area contributed by atoms with Gasteiger partial charge < -0.3 is 15.7 Å². The summed E-state index contributed by atoms with van der Waals surface area (Å²) in [5.74, 6) is -1.75. The van der Waals surface area contributed by atoms with Crippen molar-refractivity contribution in [3.8, 4) is 0 Å². The van der Waals surface area contributed by atoms with Crippen LogP contribution in [-0.2, 0) is 16.1 Å². The second-order valence-corrected chi connectivity index (χ2v) is 4.79. The fourth-order valence-corrected chi connectivity index (χ4v) is 1.88. The molecule has 0 aliphatic rings. The number of carbonyl (C=O) groups excluding carboxylic acids is 2. The van der Waals surface area contributed by atoms with Crippen molar-refractivity contribution in [2.75, 3.05) is 10.6 Å². The lowest BCUT2D eigenvalue weighted by molar-refractivity contribution is -0.117. The molecule has 0 spiro atoms. The van der Waals surface area contributed by atoms with Crippen LogP contribution in [0.2, 0.25) is 0 Å². The quantitative estimate of drug-likeness (QED) is 0.751. The summed E-state index contributed by atoms with van der Waals surface area (Å²) in [6, 6.07) is 6.58. The molecule has 0 atom stereocenters. The summed E-state index contributed by atoms with van der Waals surface area (Å²) >= 11 is 0. The largest absolute Gasteiger partial charge is 0.476 e. The summed E-state index contributed by atoms with van der Waals surface area (Å²) < 4.78 is 1.21. The molecule has 1 aromatic carbocycles. The minimum atomic E-state index is -1.19. The number of aromatic nitrogens is 3. The lowest BCUT2D eigenvalue weighted by atomic mass is 10.2. The number of anilines is 2. The molecule has 0 fully saturated rings. The normalized spacial score (nSPS) is 10.2. The van der Waals surface area contributed by atoms with Crippen LogP contribution >= 0.6 is 0 Å². The Kier molecular flexibility index (Phi) is 4.69. The zero-order valence-electron chi connectivity index (χ0n) is 12.5. The van der Waals surface area contributed by atoms with Crippen LogP contribution in [0.25, 0.3) is 0 Å². The van der Waals surface area contributed by atoms with Crippen LogP contribution in [0.15, 0.2) is 24.3 Å². The molecule has 2 amide bonds. The highest BCUT2D eigenvalue weighted by molar-refractivity contribution is 5.92. The maximum absolute atomic E-state index is 12.0. The van der Waals surface area contributed by atoms with E-state index < -0.39 is 5.97 Å². The van der Waals surface area contributed by atoms with Gasteiger partial charge in [-0.05, 0) is 31.2 Å². The van der Waals surface area contributed by atoms with Gasteiger partial charge in [0.1, 0.15) is 6.54 Å². The molecule has 120 valence electrons. The third kappa shape index (κ3) is 4.13. The number of amides is 2. The zero-order chi connectivity index (χ0) is 17.0. The van der Waals surface area contributed by atoms with E-state index in [1.54, 1.807) is 24.3 Å². The van der Waals surface area contributed by atoms with Gasteiger partial charge in [0.05, 0.1) is 5.69 Å². The summed E-state index contributed by atoms with van der Waals surface area (Å²) in [5.41, 5.74) is 1.28. The number of carboxylic acids is 1. The molecule has 23 heavy (non-hydrogen) atoms. The molecule has 3 N–H and O–H groups in total. The third-order valence-corrected chi connectivity index (χ3v) is 2.97. The minimum Gasteiger partial charge on any atom is -0.476 e. The molecular formula is C14H15N5O4. The van der Waals surface area contributed by atoms with E-state index in [2.05, 4.69) is 20.9 Å². The smallest absolute Gasteiger partial charge is 0.358 e. The number of nitrogens with one attached hydrogen (secondary N) is 2. The van der Waals surface area contributed by atoms with E-state index in [4.69, 9.17) is 5.11 Å². The van der Waals surface area contributed by atoms with Crippen molar-refractivity contribution < 1.29 is 19.5 Å². The lowest BCUT2D eigenvalue weighted by Crippen LogP contribution is -2.20. The highest BCUT2D eigenvalue weighted by Crippen LogP contribution is 2.13. The van der Waals surface area contributed by atoms with Gasteiger partial charge in [0.15, 0.2) is 5.69 Å². The van der Waals surface area contributed by atoms with E-state index in [9.17, 15) is 14.4 Å². The fraction of sp³-hybridized carbons (Fsp3) is 0.214. The highest BCUT2D eigenvalue weighted by Gasteiger charge is 2.16. The summed E-state index contributed by atoms with van der Waals surface area (Å²) in [6.07, 6.45) is 0. The average molecular weight is 317 g/mol. The van der Waals surface area contributed by atoms with E-state index in [0.717, 1.165) is 0 Å². The van der Waals surface area contributed by atoms with Gasteiger partial charge in [-0.25, -0.2) is 9.48 Å². The minimum absolute atomic E-state index is 0.153. The monoisotopic (exact) mass is 317 g/mol. The molecule has 9 heteroatoms. The molecule has 9 nitrogen and oxygen atoms in total. The van der Waals surface area contributed by atoms with E-state index in [-0.39, 0.29) is 24.1 Å². The first-order valence-corrected chi connectivity index (χ1v) is 6.67. The first kappa shape index (κ1) is 16.1. The van der Waals surface area contributed by atoms with Crippen molar-refractivity contribution in [2.24, 2.45) is 0 Å². The molecule has 0 aliphatic heterocycles. The lowest BCUT2D eigenvalue weighted by Gasteiger charge is -2.07. The number of carboxylic acid groups (broad SMARTS) is 1. The van der Waals surface area contributed by atoms with Gasteiger partial charge in [-0.3, -0.25) is 9.59 Å². The van der Waals surface area contributed by atoms with Crippen molar-refractivity contribution >= 4 is 29.2 Å². The summed E-state index contributed by atoms with van der Waals surface area (Å²) in [5, 5.41) is 21.3. The molecule has 0 radical (unpaired) electrons. The number of hydrogen-bond donors (Lipinski definition) is 3. The van der Waals surface area contributed by atoms with Gasteiger partial charge in [-0.1, -0.05) is 5.21 Å². The van der Waals surface area contributed by atoms with Crippen LogP contribution in [0.3, 0.4) is 0 Å². The van der Waals surface area contributed by atoms with Crippen LogP contribution < -0.4 is 10.6 Å². The Hall–Kier alpha value is -3.23. The van der Waals surface area contributed by atoms with Crippen LogP contribution in [0, 0.1) is 6.92 Å².